The van der Waals surface area contributed by atoms with Gasteiger partial charge in [-0.2, -0.15) is 0 Å². The van der Waals surface area contributed by atoms with Gasteiger partial charge in [0.1, 0.15) is 22.8 Å². The SMILES string of the molecule is CC.CCCCC1Cc2c(cc(OC)c3c2oc(=O)c2cc(OC)c4c(OC)cccc4c23)C[C@@H]1C. The normalized spacial score (nSPS) is 17.0. The monoisotopic (exact) mass is 490 g/mol. The van der Waals surface area contributed by atoms with Crippen LogP contribution in [0.25, 0.3) is 32.5 Å². The molecule has 0 saturated carbocycles. The Bertz CT molecular complexity index is 1450. The minimum absolute atomic E-state index is 0.357. The Balaban J connectivity index is 0.00000148. The molecule has 2 atom stereocenters. The van der Waals surface area contributed by atoms with Gasteiger partial charge in [0, 0.05) is 5.39 Å². The molecule has 5 rings (SSSR count). The van der Waals surface area contributed by atoms with Crippen LogP contribution < -0.4 is 19.8 Å². The van der Waals surface area contributed by atoms with Gasteiger partial charge in [0.2, 0.25) is 0 Å². The van der Waals surface area contributed by atoms with Gasteiger partial charge < -0.3 is 18.6 Å². The average molecular weight is 491 g/mol. The van der Waals surface area contributed by atoms with Crippen molar-refractivity contribution in [2.45, 2.75) is 59.8 Å². The van der Waals surface area contributed by atoms with Gasteiger partial charge in [0.05, 0.1) is 37.5 Å². The fourth-order valence-electron chi connectivity index (χ4n) is 5.80. The van der Waals surface area contributed by atoms with Crippen molar-refractivity contribution < 1.29 is 18.6 Å². The van der Waals surface area contributed by atoms with Gasteiger partial charge in [-0.05, 0) is 65.8 Å². The fraction of sp³-hybridized carbons (Fsp3) is 0.452. The molecule has 0 N–H and O–H groups in total. The lowest BCUT2D eigenvalue weighted by Crippen LogP contribution is -2.24. The maximum absolute atomic E-state index is 13.4. The molecule has 0 amide bonds. The van der Waals surface area contributed by atoms with Crippen LogP contribution in [0, 0.1) is 11.8 Å². The molecule has 0 fully saturated rings. The number of rotatable bonds is 6. The molecule has 0 aliphatic heterocycles. The van der Waals surface area contributed by atoms with Gasteiger partial charge in [0.25, 0.3) is 0 Å². The van der Waals surface area contributed by atoms with E-state index in [9.17, 15) is 4.79 Å². The number of ether oxygens (including phenoxy) is 3. The quantitative estimate of drug-likeness (QED) is 0.205. The van der Waals surface area contributed by atoms with Crippen molar-refractivity contribution in [3.05, 3.63) is 51.9 Å². The minimum Gasteiger partial charge on any atom is -0.496 e. The number of methoxy groups -OCH3 is 3. The van der Waals surface area contributed by atoms with Crippen LogP contribution >= 0.6 is 0 Å². The van der Waals surface area contributed by atoms with Gasteiger partial charge in [-0.3, -0.25) is 0 Å². The lowest BCUT2D eigenvalue weighted by molar-refractivity contribution is 0.304. The van der Waals surface area contributed by atoms with E-state index < -0.39 is 0 Å². The summed E-state index contributed by atoms with van der Waals surface area (Å²) in [6.07, 6.45) is 5.49. The maximum atomic E-state index is 13.4. The van der Waals surface area contributed by atoms with Crippen LogP contribution in [-0.4, -0.2) is 21.3 Å². The van der Waals surface area contributed by atoms with Crippen molar-refractivity contribution in [2.75, 3.05) is 21.3 Å². The number of fused-ring (bicyclic) bond motifs is 7. The first kappa shape index (κ1) is 25.9. The predicted octanol–water partition coefficient (Wildman–Crippen LogP) is 7.69. The third-order valence-corrected chi connectivity index (χ3v) is 7.59. The van der Waals surface area contributed by atoms with E-state index in [4.69, 9.17) is 18.6 Å². The molecule has 0 radical (unpaired) electrons. The van der Waals surface area contributed by atoms with E-state index >= 15 is 0 Å². The second kappa shape index (κ2) is 10.8. The molecule has 5 heteroatoms. The highest BCUT2D eigenvalue weighted by molar-refractivity contribution is 6.23. The van der Waals surface area contributed by atoms with Crippen LogP contribution in [0.5, 0.6) is 17.2 Å². The lowest BCUT2D eigenvalue weighted by atomic mass is 9.74. The number of hydrogen-bond donors (Lipinski definition) is 0. The summed E-state index contributed by atoms with van der Waals surface area (Å²) in [7, 11) is 4.93. The Morgan fingerprint density at radius 1 is 0.889 bits per heavy atom. The maximum Gasteiger partial charge on any atom is 0.344 e. The van der Waals surface area contributed by atoms with E-state index in [1.807, 2.05) is 32.0 Å². The highest BCUT2D eigenvalue weighted by Crippen LogP contribution is 2.46. The summed E-state index contributed by atoms with van der Waals surface area (Å²) in [6.45, 7) is 8.57. The Hall–Kier alpha value is -3.21. The zero-order valence-corrected chi connectivity index (χ0v) is 22.6. The summed E-state index contributed by atoms with van der Waals surface area (Å²) in [4.78, 5) is 13.4. The van der Waals surface area contributed by atoms with E-state index in [1.54, 1.807) is 27.4 Å². The Labute approximate surface area is 213 Å². The van der Waals surface area contributed by atoms with E-state index in [1.165, 1.54) is 24.8 Å². The number of hydrogen-bond acceptors (Lipinski definition) is 5. The van der Waals surface area contributed by atoms with Crippen molar-refractivity contribution in [3.8, 4) is 17.2 Å². The molecule has 0 bridgehead atoms. The molecule has 1 aliphatic carbocycles. The molecule has 1 unspecified atom stereocenters. The Kier molecular flexibility index (Phi) is 7.77. The molecule has 3 aromatic carbocycles. The third kappa shape index (κ3) is 4.19. The second-order valence-corrected chi connectivity index (χ2v) is 9.48. The van der Waals surface area contributed by atoms with Gasteiger partial charge in [0.15, 0.2) is 0 Å². The highest BCUT2D eigenvalue weighted by atomic mass is 16.5. The van der Waals surface area contributed by atoms with Crippen molar-refractivity contribution >= 4 is 32.5 Å². The van der Waals surface area contributed by atoms with Crippen molar-refractivity contribution in [2.24, 2.45) is 11.8 Å². The van der Waals surface area contributed by atoms with Crippen LogP contribution in [0.2, 0.25) is 0 Å². The van der Waals surface area contributed by atoms with Crippen molar-refractivity contribution in [3.63, 3.8) is 0 Å². The molecule has 4 aromatic rings. The zero-order valence-electron chi connectivity index (χ0n) is 22.6. The van der Waals surface area contributed by atoms with E-state index in [0.717, 1.165) is 45.7 Å². The van der Waals surface area contributed by atoms with Crippen LogP contribution in [0.1, 0.15) is 58.1 Å². The topological polar surface area (TPSA) is 57.9 Å². The zero-order chi connectivity index (χ0) is 26.0. The summed E-state index contributed by atoms with van der Waals surface area (Å²) in [5.41, 5.74) is 2.68. The molecule has 192 valence electrons. The van der Waals surface area contributed by atoms with Crippen LogP contribution in [-0.2, 0) is 12.8 Å². The Morgan fingerprint density at radius 3 is 2.25 bits per heavy atom. The molecule has 0 spiro atoms. The lowest BCUT2D eigenvalue weighted by Gasteiger charge is -2.31. The first-order chi connectivity index (χ1) is 17.5. The summed E-state index contributed by atoms with van der Waals surface area (Å²) in [6, 6.07) is 9.76. The summed E-state index contributed by atoms with van der Waals surface area (Å²) in [5.74, 6) is 3.18. The summed E-state index contributed by atoms with van der Waals surface area (Å²) < 4.78 is 23.3. The largest absolute Gasteiger partial charge is 0.496 e. The molecular weight excluding hydrogens is 452 g/mol. The molecule has 1 aliphatic rings. The first-order valence-corrected chi connectivity index (χ1v) is 13.1. The number of unbranched alkanes of at least 4 members (excludes halogenated alkanes) is 1. The average Bonchev–Trinajstić information content (AvgIpc) is 2.91. The first-order valence-electron chi connectivity index (χ1n) is 13.1. The molecular formula is C31H38O5. The van der Waals surface area contributed by atoms with E-state index in [0.29, 0.717) is 34.3 Å². The van der Waals surface area contributed by atoms with Crippen LogP contribution in [0.4, 0.5) is 0 Å². The summed E-state index contributed by atoms with van der Waals surface area (Å²) >= 11 is 0. The number of benzene rings is 3. The standard InChI is InChI=1S/C29H32O5.C2H6/c1-6-7-9-17-13-20-18(12-16(17)2)14-23(32-4)27-25-19-10-8-11-22(31-3)26(19)24(33-5)15-21(25)29(30)34-28(20)27;1-2/h8,10-11,14-17H,6-7,9,12-13H2,1-5H3;1-2H3/t16-,17?;/m0./s1. The molecule has 5 nitrogen and oxygen atoms in total. The van der Waals surface area contributed by atoms with Crippen LogP contribution in [0.3, 0.4) is 0 Å². The minimum atomic E-state index is -0.357. The van der Waals surface area contributed by atoms with Gasteiger partial charge in [-0.1, -0.05) is 52.7 Å². The van der Waals surface area contributed by atoms with E-state index in [-0.39, 0.29) is 5.63 Å². The predicted molar refractivity (Wildman–Crippen MR) is 148 cm³/mol. The van der Waals surface area contributed by atoms with Gasteiger partial charge >= 0.3 is 5.63 Å². The smallest absolute Gasteiger partial charge is 0.344 e. The second-order valence-electron chi connectivity index (χ2n) is 9.48. The molecule has 1 heterocycles. The third-order valence-electron chi connectivity index (χ3n) is 7.59. The van der Waals surface area contributed by atoms with Gasteiger partial charge in [-0.15, -0.1) is 0 Å². The Morgan fingerprint density at radius 2 is 1.58 bits per heavy atom. The van der Waals surface area contributed by atoms with Crippen molar-refractivity contribution in [1.82, 2.24) is 0 Å². The van der Waals surface area contributed by atoms with Gasteiger partial charge in [-0.25, -0.2) is 4.79 Å². The highest BCUT2D eigenvalue weighted by Gasteiger charge is 2.30. The molecule has 1 aromatic heterocycles. The molecule has 0 saturated heterocycles. The molecule has 36 heavy (non-hydrogen) atoms. The summed E-state index contributed by atoms with van der Waals surface area (Å²) in [5, 5.41) is 3.87. The van der Waals surface area contributed by atoms with Crippen molar-refractivity contribution in [1.29, 1.82) is 0 Å². The van der Waals surface area contributed by atoms with E-state index in [2.05, 4.69) is 19.9 Å². The van der Waals surface area contributed by atoms with Crippen LogP contribution in [0.15, 0.2) is 39.5 Å². The fourth-order valence-corrected chi connectivity index (χ4v) is 5.80.